The maximum atomic E-state index is 4.50. The molecule has 0 aliphatic rings. The van der Waals surface area contributed by atoms with Crippen molar-refractivity contribution in [2.45, 2.75) is 33.7 Å². The van der Waals surface area contributed by atoms with Gasteiger partial charge in [-0.25, -0.2) is 9.98 Å². The Labute approximate surface area is 124 Å². The number of halogens is 1. The molecule has 1 heterocycles. The van der Waals surface area contributed by atoms with E-state index in [2.05, 4.69) is 34.5 Å². The Morgan fingerprint density at radius 3 is 2.71 bits per heavy atom. The first-order chi connectivity index (χ1) is 7.76. The molecule has 2 N–H and O–H groups in total. The highest BCUT2D eigenvalue weighted by atomic mass is 127. The van der Waals surface area contributed by atoms with Gasteiger partial charge in [-0.05, 0) is 20.3 Å². The van der Waals surface area contributed by atoms with Crippen LogP contribution in [0.15, 0.2) is 11.2 Å². The first-order valence-corrected chi connectivity index (χ1v) is 6.51. The highest BCUT2D eigenvalue weighted by Crippen LogP contribution is 2.12. The van der Waals surface area contributed by atoms with E-state index in [0.717, 1.165) is 30.5 Å². The number of aryl methyl sites for hydroxylation is 1. The molecule has 0 aliphatic carbocycles. The Bertz CT molecular complexity index is 338. The van der Waals surface area contributed by atoms with E-state index in [1.54, 1.807) is 11.3 Å². The summed E-state index contributed by atoms with van der Waals surface area (Å²) in [7, 11) is 0. The van der Waals surface area contributed by atoms with Gasteiger partial charge in [-0.3, -0.25) is 0 Å². The molecule has 4 nitrogen and oxygen atoms in total. The Morgan fingerprint density at radius 1 is 1.41 bits per heavy atom. The molecule has 0 unspecified atom stereocenters. The van der Waals surface area contributed by atoms with Gasteiger partial charge < -0.3 is 10.6 Å². The van der Waals surface area contributed by atoms with Gasteiger partial charge in [0.2, 0.25) is 0 Å². The Kier molecular flexibility index (Phi) is 9.43. The molecule has 0 saturated carbocycles. The number of nitrogens with zero attached hydrogens (tertiary/aromatic N) is 2. The van der Waals surface area contributed by atoms with Crippen molar-refractivity contribution < 1.29 is 0 Å². The molecule has 0 saturated heterocycles. The van der Waals surface area contributed by atoms with Crippen LogP contribution in [0.4, 0.5) is 0 Å². The molecule has 1 aromatic heterocycles. The maximum Gasteiger partial charge on any atom is 0.191 e. The first-order valence-electron chi connectivity index (χ1n) is 5.69. The molecule has 17 heavy (non-hydrogen) atoms. The highest BCUT2D eigenvalue weighted by Gasteiger charge is 1.98. The molecule has 0 amide bonds. The van der Waals surface area contributed by atoms with Crippen LogP contribution in [-0.2, 0) is 6.54 Å². The molecule has 98 valence electrons. The normalized spacial score (nSPS) is 10.9. The summed E-state index contributed by atoms with van der Waals surface area (Å²) in [6, 6.07) is 0. The van der Waals surface area contributed by atoms with Crippen molar-refractivity contribution in [3.05, 3.63) is 16.1 Å². The summed E-state index contributed by atoms with van der Waals surface area (Å²) in [6.45, 7) is 8.76. The fourth-order valence-electron chi connectivity index (χ4n) is 1.22. The van der Waals surface area contributed by atoms with E-state index in [4.69, 9.17) is 0 Å². The van der Waals surface area contributed by atoms with Crippen LogP contribution in [-0.4, -0.2) is 24.0 Å². The van der Waals surface area contributed by atoms with Crippen molar-refractivity contribution >= 4 is 41.3 Å². The molecule has 6 heteroatoms. The third-order valence-electron chi connectivity index (χ3n) is 1.95. The summed E-state index contributed by atoms with van der Waals surface area (Å²) < 4.78 is 0. The molecular formula is C11H21IN4S. The van der Waals surface area contributed by atoms with E-state index in [0.29, 0.717) is 6.54 Å². The van der Waals surface area contributed by atoms with E-state index in [1.165, 1.54) is 4.88 Å². The van der Waals surface area contributed by atoms with Gasteiger partial charge in [0.05, 0.1) is 11.6 Å². The van der Waals surface area contributed by atoms with E-state index in [-0.39, 0.29) is 24.0 Å². The van der Waals surface area contributed by atoms with Crippen molar-refractivity contribution in [2.75, 3.05) is 13.1 Å². The zero-order valence-corrected chi connectivity index (χ0v) is 13.8. The lowest BCUT2D eigenvalue weighted by Crippen LogP contribution is -2.37. The summed E-state index contributed by atoms with van der Waals surface area (Å²) in [5.41, 5.74) is 0. The van der Waals surface area contributed by atoms with E-state index < -0.39 is 0 Å². The summed E-state index contributed by atoms with van der Waals surface area (Å²) in [5.74, 6) is 0.885. The van der Waals surface area contributed by atoms with Gasteiger partial charge in [0.1, 0.15) is 0 Å². The molecule has 1 rings (SSSR count). The molecule has 0 radical (unpaired) electrons. The molecule has 0 spiro atoms. The third kappa shape index (κ3) is 6.82. The van der Waals surface area contributed by atoms with Crippen molar-refractivity contribution in [1.29, 1.82) is 0 Å². The monoisotopic (exact) mass is 368 g/mol. The second-order valence-electron chi connectivity index (χ2n) is 3.47. The summed E-state index contributed by atoms with van der Waals surface area (Å²) >= 11 is 1.70. The average molecular weight is 368 g/mol. The van der Waals surface area contributed by atoms with Crippen LogP contribution in [0, 0.1) is 6.92 Å². The van der Waals surface area contributed by atoms with Gasteiger partial charge in [0.15, 0.2) is 5.96 Å². The average Bonchev–Trinajstić information content (AvgIpc) is 2.68. The minimum absolute atomic E-state index is 0. The molecular weight excluding hydrogens is 347 g/mol. The number of guanidine groups is 1. The lowest BCUT2D eigenvalue weighted by atomic mass is 10.5. The number of aliphatic imine (C=N–C) groups is 1. The zero-order chi connectivity index (χ0) is 11.8. The van der Waals surface area contributed by atoms with Crippen LogP contribution in [0.5, 0.6) is 0 Å². The van der Waals surface area contributed by atoms with E-state index >= 15 is 0 Å². The number of thiazole rings is 1. The summed E-state index contributed by atoms with van der Waals surface area (Å²) in [5, 5.41) is 7.58. The number of hydrogen-bond acceptors (Lipinski definition) is 3. The minimum Gasteiger partial charge on any atom is -0.357 e. The number of nitrogens with one attached hydrogen (secondary N) is 2. The highest BCUT2D eigenvalue weighted by molar-refractivity contribution is 14.0. The van der Waals surface area contributed by atoms with Gasteiger partial charge in [-0.2, -0.15) is 0 Å². The lowest BCUT2D eigenvalue weighted by molar-refractivity contribution is 0.786. The molecule has 0 aliphatic heterocycles. The number of aromatic nitrogens is 1. The maximum absolute atomic E-state index is 4.50. The van der Waals surface area contributed by atoms with Gasteiger partial charge in [-0.15, -0.1) is 35.3 Å². The Hall–Kier alpha value is -0.370. The standard InChI is InChI=1S/C11H20N4S.HI/c1-4-6-13-11(12-5-2)15-8-10-7-14-9(3)16-10;/h7H,4-6,8H2,1-3H3,(H2,12,13,15);1H. The van der Waals surface area contributed by atoms with Crippen molar-refractivity contribution in [1.82, 2.24) is 15.6 Å². The van der Waals surface area contributed by atoms with E-state index in [9.17, 15) is 0 Å². The molecule has 1 aromatic rings. The smallest absolute Gasteiger partial charge is 0.191 e. The summed E-state index contributed by atoms with van der Waals surface area (Å²) in [6.07, 6.45) is 3.00. The van der Waals surface area contributed by atoms with E-state index in [1.807, 2.05) is 13.1 Å². The lowest BCUT2D eigenvalue weighted by Gasteiger charge is -2.09. The Morgan fingerprint density at radius 2 is 2.18 bits per heavy atom. The molecule has 0 atom stereocenters. The molecule has 0 bridgehead atoms. The van der Waals surface area contributed by atoms with Gasteiger partial charge >= 0.3 is 0 Å². The largest absolute Gasteiger partial charge is 0.357 e. The number of hydrogen-bond donors (Lipinski definition) is 2. The van der Waals surface area contributed by atoms with Crippen LogP contribution < -0.4 is 10.6 Å². The second kappa shape index (κ2) is 9.64. The molecule has 0 fully saturated rings. The molecule has 0 aromatic carbocycles. The Balaban J connectivity index is 0.00000256. The van der Waals surface area contributed by atoms with Gasteiger partial charge in [0, 0.05) is 24.2 Å². The minimum atomic E-state index is 0. The van der Waals surface area contributed by atoms with Crippen LogP contribution in [0.2, 0.25) is 0 Å². The third-order valence-corrected chi connectivity index (χ3v) is 2.85. The van der Waals surface area contributed by atoms with Crippen LogP contribution in [0.1, 0.15) is 30.2 Å². The quantitative estimate of drug-likeness (QED) is 0.477. The van der Waals surface area contributed by atoms with Gasteiger partial charge in [-0.1, -0.05) is 6.92 Å². The van der Waals surface area contributed by atoms with Crippen LogP contribution in [0.3, 0.4) is 0 Å². The summed E-state index contributed by atoms with van der Waals surface area (Å²) in [4.78, 5) is 9.91. The topological polar surface area (TPSA) is 49.3 Å². The predicted octanol–water partition coefficient (Wildman–Crippen LogP) is 2.53. The SMILES string of the molecule is CCCNC(=NCc1cnc(C)s1)NCC.I. The zero-order valence-electron chi connectivity index (χ0n) is 10.6. The van der Waals surface area contributed by atoms with Crippen LogP contribution in [0.25, 0.3) is 0 Å². The van der Waals surface area contributed by atoms with Crippen LogP contribution >= 0.6 is 35.3 Å². The first kappa shape index (κ1) is 16.6. The fraction of sp³-hybridized carbons (Fsp3) is 0.636. The second-order valence-corrected chi connectivity index (χ2v) is 4.79. The van der Waals surface area contributed by atoms with Crippen molar-refractivity contribution in [2.24, 2.45) is 4.99 Å². The fourth-order valence-corrected chi connectivity index (χ4v) is 1.94. The van der Waals surface area contributed by atoms with Crippen molar-refractivity contribution in [3.63, 3.8) is 0 Å². The number of rotatable bonds is 5. The van der Waals surface area contributed by atoms with Gasteiger partial charge in [0.25, 0.3) is 0 Å². The predicted molar refractivity (Wildman–Crippen MR) is 85.4 cm³/mol. The van der Waals surface area contributed by atoms with Crippen molar-refractivity contribution in [3.8, 4) is 0 Å².